The topological polar surface area (TPSA) is 12.5 Å². The molecule has 0 N–H and O–H groups in total. The summed E-state index contributed by atoms with van der Waals surface area (Å²) in [4.78, 5) is 1.98. The molecule has 0 spiro atoms. The van der Waals surface area contributed by atoms with E-state index in [1.54, 1.807) is 13.2 Å². The Kier molecular flexibility index (Phi) is 2.82. The van der Waals surface area contributed by atoms with Crippen LogP contribution in [0.5, 0.6) is 5.75 Å². The highest BCUT2D eigenvalue weighted by Gasteiger charge is 2.04. The molecule has 0 saturated carbocycles. The van der Waals surface area contributed by atoms with Crippen LogP contribution in [0.3, 0.4) is 0 Å². The van der Waals surface area contributed by atoms with E-state index in [0.29, 0.717) is 5.02 Å². The number of halogens is 1. The van der Waals surface area contributed by atoms with Crippen LogP contribution < -0.4 is 9.64 Å². The highest BCUT2D eigenvalue weighted by molar-refractivity contribution is 6.30. The monoisotopic (exact) mass is 185 g/mol. The van der Waals surface area contributed by atoms with Crippen molar-refractivity contribution < 1.29 is 4.74 Å². The van der Waals surface area contributed by atoms with E-state index >= 15 is 0 Å². The van der Waals surface area contributed by atoms with Gasteiger partial charge in [-0.15, -0.1) is 0 Å². The second-order valence-electron chi connectivity index (χ2n) is 2.71. The third-order valence-electron chi connectivity index (χ3n) is 1.62. The Morgan fingerprint density at radius 2 is 2.00 bits per heavy atom. The zero-order valence-corrected chi connectivity index (χ0v) is 8.22. The highest BCUT2D eigenvalue weighted by Crippen LogP contribution is 2.29. The van der Waals surface area contributed by atoms with E-state index in [-0.39, 0.29) is 0 Å². The highest BCUT2D eigenvalue weighted by atomic mass is 35.5. The molecule has 66 valence electrons. The van der Waals surface area contributed by atoms with Crippen molar-refractivity contribution in [2.75, 3.05) is 26.1 Å². The van der Waals surface area contributed by atoms with Gasteiger partial charge >= 0.3 is 0 Å². The first-order chi connectivity index (χ1) is 5.65. The maximum absolute atomic E-state index is 5.80. The molecule has 0 saturated heterocycles. The van der Waals surface area contributed by atoms with Crippen molar-refractivity contribution in [3.63, 3.8) is 0 Å². The Morgan fingerprint density at radius 3 is 2.50 bits per heavy atom. The molecule has 0 heterocycles. The zero-order chi connectivity index (χ0) is 9.14. The minimum atomic E-state index is 0.692. The Labute approximate surface area is 77.7 Å². The number of rotatable bonds is 2. The fourth-order valence-electron chi connectivity index (χ4n) is 1.02. The van der Waals surface area contributed by atoms with Crippen LogP contribution in [0.2, 0.25) is 5.02 Å². The van der Waals surface area contributed by atoms with Crippen molar-refractivity contribution in [1.29, 1.82) is 0 Å². The van der Waals surface area contributed by atoms with Crippen LogP contribution in [0.25, 0.3) is 0 Å². The lowest BCUT2D eigenvalue weighted by Gasteiger charge is -2.16. The summed E-state index contributed by atoms with van der Waals surface area (Å²) in [5, 5.41) is 0.692. The SMILES string of the molecule is COc1cc(Cl)ccc1N(C)C. The van der Waals surface area contributed by atoms with Crippen LogP contribution >= 0.6 is 11.6 Å². The summed E-state index contributed by atoms with van der Waals surface area (Å²) in [7, 11) is 5.57. The van der Waals surface area contributed by atoms with E-state index in [2.05, 4.69) is 0 Å². The minimum Gasteiger partial charge on any atom is -0.495 e. The summed E-state index contributed by atoms with van der Waals surface area (Å²) in [5.74, 6) is 0.799. The predicted octanol–water partition coefficient (Wildman–Crippen LogP) is 2.41. The van der Waals surface area contributed by atoms with Crippen LogP contribution in [0.1, 0.15) is 0 Å². The van der Waals surface area contributed by atoms with Crippen molar-refractivity contribution in [3.05, 3.63) is 23.2 Å². The largest absolute Gasteiger partial charge is 0.495 e. The van der Waals surface area contributed by atoms with Crippen LogP contribution in [0, 0.1) is 0 Å². The molecule has 0 aliphatic rings. The van der Waals surface area contributed by atoms with Crippen molar-refractivity contribution in [1.82, 2.24) is 0 Å². The van der Waals surface area contributed by atoms with Crippen molar-refractivity contribution >= 4 is 17.3 Å². The number of hydrogen-bond donors (Lipinski definition) is 0. The van der Waals surface area contributed by atoms with E-state index in [0.717, 1.165) is 11.4 Å². The third-order valence-corrected chi connectivity index (χ3v) is 1.86. The van der Waals surface area contributed by atoms with Gasteiger partial charge in [0.1, 0.15) is 5.75 Å². The molecule has 2 nitrogen and oxygen atoms in total. The first-order valence-corrected chi connectivity index (χ1v) is 4.04. The quantitative estimate of drug-likeness (QED) is 0.702. The molecule has 1 aromatic carbocycles. The van der Waals surface area contributed by atoms with Crippen molar-refractivity contribution in [2.24, 2.45) is 0 Å². The molecular formula is C9H12ClNO. The van der Waals surface area contributed by atoms with Gasteiger partial charge in [0.25, 0.3) is 0 Å². The standard InChI is InChI=1S/C9H12ClNO/c1-11(2)8-5-4-7(10)6-9(8)12-3/h4-6H,1-3H3. The van der Waals surface area contributed by atoms with Gasteiger partial charge in [-0.1, -0.05) is 11.6 Å². The molecule has 0 bridgehead atoms. The average molecular weight is 186 g/mol. The fraction of sp³-hybridized carbons (Fsp3) is 0.333. The molecule has 0 atom stereocenters. The molecule has 12 heavy (non-hydrogen) atoms. The van der Waals surface area contributed by atoms with Gasteiger partial charge < -0.3 is 9.64 Å². The predicted molar refractivity (Wildman–Crippen MR) is 52.3 cm³/mol. The summed E-state index contributed by atoms with van der Waals surface area (Å²) < 4.78 is 5.16. The maximum Gasteiger partial charge on any atom is 0.143 e. The Hall–Kier alpha value is -0.890. The Bertz CT molecular complexity index is 273. The van der Waals surface area contributed by atoms with Gasteiger partial charge in [-0.25, -0.2) is 0 Å². The van der Waals surface area contributed by atoms with Crippen LogP contribution in [-0.2, 0) is 0 Å². The molecular weight excluding hydrogens is 174 g/mol. The van der Waals surface area contributed by atoms with Gasteiger partial charge in [0.05, 0.1) is 12.8 Å². The molecule has 3 heteroatoms. The van der Waals surface area contributed by atoms with E-state index in [9.17, 15) is 0 Å². The van der Waals surface area contributed by atoms with Gasteiger partial charge in [-0.2, -0.15) is 0 Å². The summed E-state index contributed by atoms with van der Waals surface area (Å²) in [6.07, 6.45) is 0. The molecule has 0 aromatic heterocycles. The number of methoxy groups -OCH3 is 1. The fourth-order valence-corrected chi connectivity index (χ4v) is 1.18. The van der Waals surface area contributed by atoms with Gasteiger partial charge in [0, 0.05) is 25.2 Å². The van der Waals surface area contributed by atoms with E-state index in [4.69, 9.17) is 16.3 Å². The normalized spacial score (nSPS) is 9.67. The van der Waals surface area contributed by atoms with Gasteiger partial charge in [-0.3, -0.25) is 0 Å². The van der Waals surface area contributed by atoms with E-state index in [1.165, 1.54) is 0 Å². The first kappa shape index (κ1) is 9.20. The van der Waals surface area contributed by atoms with Crippen molar-refractivity contribution in [3.8, 4) is 5.75 Å². The van der Waals surface area contributed by atoms with Gasteiger partial charge in [-0.05, 0) is 12.1 Å². The smallest absolute Gasteiger partial charge is 0.143 e. The van der Waals surface area contributed by atoms with E-state index in [1.807, 2.05) is 31.1 Å². The Morgan fingerprint density at radius 1 is 1.33 bits per heavy atom. The summed E-state index contributed by atoms with van der Waals surface area (Å²) in [5.41, 5.74) is 1.03. The lowest BCUT2D eigenvalue weighted by molar-refractivity contribution is 0.415. The first-order valence-electron chi connectivity index (χ1n) is 3.66. The number of benzene rings is 1. The average Bonchev–Trinajstić information content (AvgIpc) is 2.03. The second kappa shape index (κ2) is 3.68. The number of anilines is 1. The second-order valence-corrected chi connectivity index (χ2v) is 3.15. The lowest BCUT2D eigenvalue weighted by atomic mass is 10.3. The van der Waals surface area contributed by atoms with Crippen LogP contribution in [0.4, 0.5) is 5.69 Å². The molecule has 0 fully saturated rings. The Balaban J connectivity index is 3.11. The maximum atomic E-state index is 5.80. The molecule has 0 radical (unpaired) electrons. The molecule has 0 aliphatic heterocycles. The third kappa shape index (κ3) is 1.83. The van der Waals surface area contributed by atoms with Crippen LogP contribution in [0.15, 0.2) is 18.2 Å². The summed E-state index contributed by atoms with van der Waals surface area (Å²) in [6.45, 7) is 0. The molecule has 0 aliphatic carbocycles. The molecule has 1 aromatic rings. The number of hydrogen-bond acceptors (Lipinski definition) is 2. The van der Waals surface area contributed by atoms with Crippen molar-refractivity contribution in [2.45, 2.75) is 0 Å². The van der Waals surface area contributed by atoms with Crippen LogP contribution in [-0.4, -0.2) is 21.2 Å². The lowest BCUT2D eigenvalue weighted by Crippen LogP contribution is -2.09. The zero-order valence-electron chi connectivity index (χ0n) is 7.47. The summed E-state index contributed by atoms with van der Waals surface area (Å²) >= 11 is 5.80. The summed E-state index contributed by atoms with van der Waals surface area (Å²) in [6, 6.07) is 5.58. The van der Waals surface area contributed by atoms with Gasteiger partial charge in [0.15, 0.2) is 0 Å². The molecule has 1 rings (SSSR count). The molecule has 0 amide bonds. The van der Waals surface area contributed by atoms with Gasteiger partial charge in [0.2, 0.25) is 0 Å². The number of nitrogens with zero attached hydrogens (tertiary/aromatic N) is 1. The minimum absolute atomic E-state index is 0.692. The number of ether oxygens (including phenoxy) is 1. The van der Waals surface area contributed by atoms with E-state index < -0.39 is 0 Å². The molecule has 0 unspecified atom stereocenters.